The summed E-state index contributed by atoms with van der Waals surface area (Å²) in [4.78, 5) is 12.7. The van der Waals surface area contributed by atoms with Crippen molar-refractivity contribution in [2.45, 2.75) is 40.3 Å². The van der Waals surface area contributed by atoms with Gasteiger partial charge in [0.25, 0.3) is 0 Å². The molecule has 0 aliphatic carbocycles. The van der Waals surface area contributed by atoms with Crippen LogP contribution >= 0.6 is 0 Å². The highest BCUT2D eigenvalue weighted by atomic mass is 15.1. The molecule has 3 N–H and O–H groups in total. The first kappa shape index (κ1) is 12.4. The van der Waals surface area contributed by atoms with Gasteiger partial charge in [-0.1, -0.05) is 0 Å². The predicted octanol–water partition coefficient (Wildman–Crippen LogP) is 0.906. The van der Waals surface area contributed by atoms with Crippen molar-refractivity contribution in [3.8, 4) is 0 Å². The van der Waals surface area contributed by atoms with Crippen LogP contribution in [0.15, 0.2) is 11.1 Å². The molecular formula is C11H19N5. The van der Waals surface area contributed by atoms with E-state index in [4.69, 9.17) is 5.73 Å². The predicted molar refractivity (Wildman–Crippen MR) is 65.1 cm³/mol. The quantitative estimate of drug-likeness (QED) is 0.587. The summed E-state index contributed by atoms with van der Waals surface area (Å²) >= 11 is 0. The van der Waals surface area contributed by atoms with Gasteiger partial charge < -0.3 is 11.1 Å². The summed E-state index contributed by atoms with van der Waals surface area (Å²) < 4.78 is 0. The average Bonchev–Trinajstić information content (AvgIpc) is 2.12. The van der Waals surface area contributed by atoms with E-state index in [1.54, 1.807) is 0 Å². The molecule has 0 atom stereocenters. The van der Waals surface area contributed by atoms with Crippen molar-refractivity contribution in [1.82, 2.24) is 15.3 Å². The molecule has 0 saturated carbocycles. The Bertz CT molecular complexity index is 364. The number of hydrogen-bond donors (Lipinski definition) is 2. The van der Waals surface area contributed by atoms with Crippen molar-refractivity contribution < 1.29 is 0 Å². The second-order valence-corrected chi connectivity index (χ2v) is 4.05. The van der Waals surface area contributed by atoms with Crippen LogP contribution < -0.4 is 11.1 Å². The molecule has 0 aromatic carbocycles. The third-order valence-electron chi connectivity index (χ3n) is 1.87. The Balaban J connectivity index is 2.66. The number of nitrogens with zero attached hydrogens (tertiary/aromatic N) is 3. The van der Waals surface area contributed by atoms with Crippen molar-refractivity contribution in [2.24, 2.45) is 10.7 Å². The molecule has 0 aliphatic heterocycles. The van der Waals surface area contributed by atoms with Gasteiger partial charge in [-0.15, -0.1) is 0 Å². The number of guanidine groups is 1. The van der Waals surface area contributed by atoms with Crippen molar-refractivity contribution >= 4 is 5.96 Å². The molecule has 1 rings (SSSR count). The lowest BCUT2D eigenvalue weighted by molar-refractivity contribution is 0.722. The van der Waals surface area contributed by atoms with Gasteiger partial charge in [-0.3, -0.25) is 0 Å². The van der Waals surface area contributed by atoms with Gasteiger partial charge in [0, 0.05) is 11.7 Å². The van der Waals surface area contributed by atoms with Gasteiger partial charge >= 0.3 is 0 Å². The smallest absolute Gasteiger partial charge is 0.189 e. The van der Waals surface area contributed by atoms with Gasteiger partial charge in [-0.2, -0.15) is 0 Å². The van der Waals surface area contributed by atoms with Crippen molar-refractivity contribution in [3.05, 3.63) is 23.3 Å². The van der Waals surface area contributed by atoms with E-state index in [9.17, 15) is 0 Å². The first-order valence-electron chi connectivity index (χ1n) is 5.35. The van der Waals surface area contributed by atoms with Crippen LogP contribution in [-0.4, -0.2) is 22.0 Å². The van der Waals surface area contributed by atoms with Gasteiger partial charge in [-0.05, 0) is 33.8 Å². The highest BCUT2D eigenvalue weighted by molar-refractivity contribution is 5.77. The molecule has 0 radical (unpaired) electrons. The highest BCUT2D eigenvalue weighted by Gasteiger charge is 1.99. The van der Waals surface area contributed by atoms with Gasteiger partial charge in [0.05, 0.1) is 12.2 Å². The van der Waals surface area contributed by atoms with Crippen molar-refractivity contribution in [3.63, 3.8) is 0 Å². The molecule has 5 nitrogen and oxygen atoms in total. The largest absolute Gasteiger partial charge is 0.370 e. The first-order chi connectivity index (χ1) is 7.47. The van der Waals surface area contributed by atoms with E-state index in [-0.39, 0.29) is 6.04 Å². The standard InChI is InChI=1S/C11H19N5/c1-7(2)14-11(12)13-6-10-5-8(3)15-9(4)16-10/h5,7H,6H2,1-4H3,(H3,12,13,14). The number of hydrogen-bond acceptors (Lipinski definition) is 3. The monoisotopic (exact) mass is 221 g/mol. The number of aliphatic imine (C=N–C) groups is 1. The minimum absolute atomic E-state index is 0.289. The molecular weight excluding hydrogens is 202 g/mol. The molecule has 1 aromatic heterocycles. The van der Waals surface area contributed by atoms with E-state index in [0.717, 1.165) is 17.2 Å². The SMILES string of the molecule is Cc1cc(CN=C(N)NC(C)C)nc(C)n1. The van der Waals surface area contributed by atoms with E-state index in [0.29, 0.717) is 12.5 Å². The number of aromatic nitrogens is 2. The third kappa shape index (κ3) is 4.25. The molecule has 5 heteroatoms. The molecule has 0 unspecified atom stereocenters. The summed E-state index contributed by atoms with van der Waals surface area (Å²) in [6.45, 7) is 8.33. The van der Waals surface area contributed by atoms with Gasteiger partial charge in [0.15, 0.2) is 5.96 Å². The zero-order valence-corrected chi connectivity index (χ0v) is 10.3. The molecule has 0 saturated heterocycles. The lowest BCUT2D eigenvalue weighted by Gasteiger charge is -2.08. The molecule has 16 heavy (non-hydrogen) atoms. The summed E-state index contributed by atoms with van der Waals surface area (Å²) in [5.74, 6) is 1.21. The lowest BCUT2D eigenvalue weighted by atomic mass is 10.3. The Kier molecular flexibility index (Phi) is 4.22. The maximum absolute atomic E-state index is 5.69. The van der Waals surface area contributed by atoms with Crippen LogP contribution in [-0.2, 0) is 6.54 Å². The van der Waals surface area contributed by atoms with Gasteiger partial charge in [0.1, 0.15) is 5.82 Å². The Morgan fingerprint density at radius 2 is 2.12 bits per heavy atom. The van der Waals surface area contributed by atoms with Gasteiger partial charge in [-0.25, -0.2) is 15.0 Å². The fourth-order valence-electron chi connectivity index (χ4n) is 1.38. The van der Waals surface area contributed by atoms with Crippen molar-refractivity contribution in [2.75, 3.05) is 0 Å². The van der Waals surface area contributed by atoms with Crippen LogP contribution in [0.1, 0.15) is 31.1 Å². The van der Waals surface area contributed by atoms with Crippen LogP contribution in [0.4, 0.5) is 0 Å². The fourth-order valence-corrected chi connectivity index (χ4v) is 1.38. The topological polar surface area (TPSA) is 76.2 Å². The second kappa shape index (κ2) is 5.44. The minimum Gasteiger partial charge on any atom is -0.370 e. The second-order valence-electron chi connectivity index (χ2n) is 4.05. The first-order valence-corrected chi connectivity index (χ1v) is 5.35. The van der Waals surface area contributed by atoms with Crippen LogP contribution in [0.5, 0.6) is 0 Å². The molecule has 88 valence electrons. The van der Waals surface area contributed by atoms with Crippen LogP contribution in [0.25, 0.3) is 0 Å². The molecule has 1 aromatic rings. The summed E-state index contributed by atoms with van der Waals surface area (Å²) in [5, 5.41) is 3.03. The Morgan fingerprint density at radius 1 is 1.44 bits per heavy atom. The van der Waals surface area contributed by atoms with E-state index >= 15 is 0 Å². The molecule has 0 bridgehead atoms. The molecule has 0 amide bonds. The van der Waals surface area contributed by atoms with Gasteiger partial charge in [0.2, 0.25) is 0 Å². The zero-order valence-electron chi connectivity index (χ0n) is 10.3. The Labute approximate surface area is 96.2 Å². The normalized spacial score (nSPS) is 11.9. The van der Waals surface area contributed by atoms with E-state index in [2.05, 4.69) is 20.3 Å². The molecule has 1 heterocycles. The number of rotatable bonds is 3. The molecule has 0 fully saturated rings. The number of nitrogens with one attached hydrogen (secondary N) is 1. The zero-order chi connectivity index (χ0) is 12.1. The highest BCUT2D eigenvalue weighted by Crippen LogP contribution is 2.01. The lowest BCUT2D eigenvalue weighted by Crippen LogP contribution is -2.36. The van der Waals surface area contributed by atoms with Crippen LogP contribution in [0.2, 0.25) is 0 Å². The van der Waals surface area contributed by atoms with Crippen LogP contribution in [0, 0.1) is 13.8 Å². The number of aryl methyl sites for hydroxylation is 2. The summed E-state index contributed by atoms with van der Waals surface area (Å²) in [6, 6.07) is 2.21. The van der Waals surface area contributed by atoms with Crippen molar-refractivity contribution in [1.29, 1.82) is 0 Å². The average molecular weight is 221 g/mol. The van der Waals surface area contributed by atoms with Crippen LogP contribution in [0.3, 0.4) is 0 Å². The summed E-state index contributed by atoms with van der Waals surface area (Å²) in [6.07, 6.45) is 0. The van der Waals surface area contributed by atoms with E-state index in [1.807, 2.05) is 33.8 Å². The summed E-state index contributed by atoms with van der Waals surface area (Å²) in [7, 11) is 0. The third-order valence-corrected chi connectivity index (χ3v) is 1.87. The minimum atomic E-state index is 0.289. The van der Waals surface area contributed by atoms with E-state index in [1.165, 1.54) is 0 Å². The summed E-state index contributed by atoms with van der Waals surface area (Å²) in [5.41, 5.74) is 7.53. The number of nitrogens with two attached hydrogens (primary N) is 1. The molecule has 0 aliphatic rings. The Morgan fingerprint density at radius 3 is 2.69 bits per heavy atom. The Hall–Kier alpha value is -1.65. The maximum Gasteiger partial charge on any atom is 0.189 e. The maximum atomic E-state index is 5.69. The van der Waals surface area contributed by atoms with E-state index < -0.39 is 0 Å². The molecule has 0 spiro atoms. The fraction of sp³-hybridized carbons (Fsp3) is 0.545.